The van der Waals surface area contributed by atoms with Gasteiger partial charge in [-0.15, -0.1) is 5.10 Å². The summed E-state index contributed by atoms with van der Waals surface area (Å²) in [6, 6.07) is 8.64. The molecule has 0 aliphatic heterocycles. The molecule has 2 aromatic heterocycles. The summed E-state index contributed by atoms with van der Waals surface area (Å²) in [7, 11) is -3.97. The highest BCUT2D eigenvalue weighted by atomic mass is 32.2. The molecule has 26 heavy (non-hydrogen) atoms. The molecule has 0 saturated carbocycles. The zero-order valence-electron chi connectivity index (χ0n) is 13.4. The van der Waals surface area contributed by atoms with E-state index in [1.807, 2.05) is 0 Å². The number of sulfone groups is 1. The van der Waals surface area contributed by atoms with Crippen LogP contribution < -0.4 is 5.32 Å². The van der Waals surface area contributed by atoms with Crippen LogP contribution in [0.2, 0.25) is 0 Å². The summed E-state index contributed by atoms with van der Waals surface area (Å²) in [5.41, 5.74) is 0.0120. The molecular formula is C16H14FN3O5S. The molecule has 0 fully saturated rings. The Balaban J connectivity index is 1.60. The van der Waals surface area contributed by atoms with Gasteiger partial charge in [-0.05, 0) is 18.2 Å². The van der Waals surface area contributed by atoms with E-state index < -0.39 is 32.5 Å². The monoisotopic (exact) mass is 379 g/mol. The molecule has 0 saturated heterocycles. The molecule has 0 radical (unpaired) electrons. The van der Waals surface area contributed by atoms with Gasteiger partial charge in [0.25, 0.3) is 5.91 Å². The number of benzene rings is 1. The van der Waals surface area contributed by atoms with E-state index in [-0.39, 0.29) is 30.2 Å². The lowest BCUT2D eigenvalue weighted by atomic mass is 10.2. The molecule has 136 valence electrons. The first kappa shape index (κ1) is 17.8. The van der Waals surface area contributed by atoms with Crippen molar-refractivity contribution in [1.82, 2.24) is 15.5 Å². The van der Waals surface area contributed by atoms with Crippen LogP contribution in [0.4, 0.5) is 4.39 Å². The summed E-state index contributed by atoms with van der Waals surface area (Å²) in [4.78, 5) is 11.7. The number of amides is 1. The number of carbonyl (C=O) groups is 1. The number of nitrogens with zero attached hydrogens (tertiary/aromatic N) is 2. The van der Waals surface area contributed by atoms with E-state index in [1.165, 1.54) is 36.6 Å². The standard InChI is InChI=1S/C16H14FN3O5S/c17-12-5-2-1-4-11(12)10-26(22,23)16-20-19-14(25-16)7-8-18-15(21)13-6-3-9-24-13/h1-6,9H,7-8,10H2,(H,18,21). The maximum Gasteiger partial charge on any atom is 0.335 e. The molecule has 1 N–H and O–H groups in total. The molecule has 0 spiro atoms. The highest BCUT2D eigenvalue weighted by Gasteiger charge is 2.24. The van der Waals surface area contributed by atoms with Crippen molar-refractivity contribution < 1.29 is 26.4 Å². The molecule has 1 amide bonds. The van der Waals surface area contributed by atoms with Gasteiger partial charge in [-0.3, -0.25) is 4.79 Å². The average Bonchev–Trinajstić information content (AvgIpc) is 3.28. The van der Waals surface area contributed by atoms with E-state index in [9.17, 15) is 17.6 Å². The Morgan fingerprint density at radius 3 is 2.69 bits per heavy atom. The fourth-order valence-corrected chi connectivity index (χ4v) is 3.28. The zero-order chi connectivity index (χ0) is 18.6. The van der Waals surface area contributed by atoms with E-state index >= 15 is 0 Å². The van der Waals surface area contributed by atoms with Crippen molar-refractivity contribution in [1.29, 1.82) is 0 Å². The molecule has 2 heterocycles. The first-order valence-electron chi connectivity index (χ1n) is 7.56. The summed E-state index contributed by atoms with van der Waals surface area (Å²) >= 11 is 0. The average molecular weight is 379 g/mol. The quantitative estimate of drug-likeness (QED) is 0.665. The molecule has 0 atom stereocenters. The fraction of sp³-hybridized carbons (Fsp3) is 0.188. The third-order valence-electron chi connectivity index (χ3n) is 3.39. The van der Waals surface area contributed by atoms with Crippen LogP contribution in [0.1, 0.15) is 22.0 Å². The third kappa shape index (κ3) is 4.14. The number of aromatic nitrogens is 2. The minimum absolute atomic E-state index is 0.0120. The van der Waals surface area contributed by atoms with E-state index in [0.29, 0.717) is 0 Å². The van der Waals surface area contributed by atoms with Gasteiger partial charge in [-0.25, -0.2) is 12.8 Å². The summed E-state index contributed by atoms with van der Waals surface area (Å²) in [6.07, 6.45) is 1.51. The Bertz CT molecular complexity index is 999. The van der Waals surface area contributed by atoms with Crippen LogP contribution in [0.5, 0.6) is 0 Å². The topological polar surface area (TPSA) is 115 Å². The van der Waals surface area contributed by atoms with Gasteiger partial charge in [0, 0.05) is 18.5 Å². The van der Waals surface area contributed by atoms with Crippen molar-refractivity contribution in [2.75, 3.05) is 6.54 Å². The smallest absolute Gasteiger partial charge is 0.335 e. The summed E-state index contributed by atoms with van der Waals surface area (Å²) in [5, 5.41) is 9.12. The second kappa shape index (κ2) is 7.48. The summed E-state index contributed by atoms with van der Waals surface area (Å²) < 4.78 is 48.2. The predicted molar refractivity (Wildman–Crippen MR) is 86.3 cm³/mol. The first-order valence-corrected chi connectivity index (χ1v) is 9.21. The normalized spacial score (nSPS) is 11.4. The molecular weight excluding hydrogens is 365 g/mol. The SMILES string of the molecule is O=C(NCCc1nnc(S(=O)(=O)Cc2ccccc2F)o1)c1ccco1. The Labute approximate surface area is 148 Å². The number of nitrogens with one attached hydrogen (secondary N) is 1. The van der Waals surface area contributed by atoms with Gasteiger partial charge in [-0.1, -0.05) is 23.3 Å². The molecule has 0 aliphatic carbocycles. The summed E-state index contributed by atoms with van der Waals surface area (Å²) in [5.74, 6) is -1.44. The second-order valence-corrected chi connectivity index (χ2v) is 7.16. The molecule has 10 heteroatoms. The summed E-state index contributed by atoms with van der Waals surface area (Å²) in [6.45, 7) is 0.147. The lowest BCUT2D eigenvalue weighted by molar-refractivity contribution is 0.0926. The van der Waals surface area contributed by atoms with E-state index in [2.05, 4.69) is 15.5 Å². The van der Waals surface area contributed by atoms with Crippen molar-refractivity contribution in [3.05, 3.63) is 65.7 Å². The maximum absolute atomic E-state index is 13.6. The van der Waals surface area contributed by atoms with Gasteiger partial charge in [0.15, 0.2) is 5.76 Å². The number of hydrogen-bond acceptors (Lipinski definition) is 7. The van der Waals surface area contributed by atoms with Crippen LogP contribution >= 0.6 is 0 Å². The van der Waals surface area contributed by atoms with Crippen LogP contribution in [0.25, 0.3) is 0 Å². The van der Waals surface area contributed by atoms with Gasteiger partial charge in [-0.2, -0.15) is 0 Å². The van der Waals surface area contributed by atoms with Crippen molar-refractivity contribution in [2.24, 2.45) is 0 Å². The van der Waals surface area contributed by atoms with E-state index in [4.69, 9.17) is 8.83 Å². The third-order valence-corrected chi connectivity index (χ3v) is 4.78. The highest BCUT2D eigenvalue weighted by molar-refractivity contribution is 7.90. The van der Waals surface area contributed by atoms with E-state index in [0.717, 1.165) is 0 Å². The van der Waals surface area contributed by atoms with Crippen LogP contribution in [0.3, 0.4) is 0 Å². The number of halogens is 1. The number of hydrogen-bond donors (Lipinski definition) is 1. The van der Waals surface area contributed by atoms with Gasteiger partial charge in [0.05, 0.1) is 12.0 Å². The number of furan rings is 1. The van der Waals surface area contributed by atoms with Gasteiger partial charge < -0.3 is 14.2 Å². The van der Waals surface area contributed by atoms with Crippen LogP contribution in [-0.2, 0) is 22.0 Å². The van der Waals surface area contributed by atoms with Crippen molar-refractivity contribution in [3.63, 3.8) is 0 Å². The maximum atomic E-state index is 13.6. The predicted octanol–water partition coefficient (Wildman–Crippen LogP) is 1.75. The molecule has 3 rings (SSSR count). The lowest BCUT2D eigenvalue weighted by Gasteiger charge is -2.02. The Morgan fingerprint density at radius 2 is 1.96 bits per heavy atom. The molecule has 1 aromatic carbocycles. The lowest BCUT2D eigenvalue weighted by Crippen LogP contribution is -2.25. The first-order chi connectivity index (χ1) is 12.5. The fourth-order valence-electron chi connectivity index (χ4n) is 2.12. The van der Waals surface area contributed by atoms with Gasteiger partial charge in [0.2, 0.25) is 15.7 Å². The van der Waals surface area contributed by atoms with Crippen LogP contribution in [0.15, 0.2) is 56.7 Å². The highest BCUT2D eigenvalue weighted by Crippen LogP contribution is 2.17. The molecule has 8 nitrogen and oxygen atoms in total. The largest absolute Gasteiger partial charge is 0.459 e. The van der Waals surface area contributed by atoms with Crippen LogP contribution in [-0.4, -0.2) is 31.1 Å². The molecule has 0 bridgehead atoms. The Hall–Kier alpha value is -3.01. The Morgan fingerprint density at radius 1 is 1.15 bits per heavy atom. The van der Waals surface area contributed by atoms with Crippen LogP contribution in [0, 0.1) is 5.82 Å². The second-order valence-electron chi connectivity index (χ2n) is 5.30. The van der Waals surface area contributed by atoms with Crippen molar-refractivity contribution in [3.8, 4) is 0 Å². The van der Waals surface area contributed by atoms with E-state index in [1.54, 1.807) is 6.07 Å². The number of carbonyl (C=O) groups excluding carboxylic acids is 1. The molecule has 0 aliphatic rings. The van der Waals surface area contributed by atoms with Crippen molar-refractivity contribution >= 4 is 15.7 Å². The Kier molecular flexibility index (Phi) is 5.12. The molecule has 0 unspecified atom stereocenters. The molecule has 3 aromatic rings. The minimum Gasteiger partial charge on any atom is -0.459 e. The van der Waals surface area contributed by atoms with Crippen molar-refractivity contribution in [2.45, 2.75) is 17.4 Å². The van der Waals surface area contributed by atoms with Gasteiger partial charge in [0.1, 0.15) is 5.82 Å². The zero-order valence-corrected chi connectivity index (χ0v) is 14.2. The van der Waals surface area contributed by atoms with Gasteiger partial charge >= 0.3 is 5.22 Å². The minimum atomic E-state index is -3.97. The number of rotatable bonds is 7.